The molecule has 0 fully saturated rings. The predicted octanol–water partition coefficient (Wildman–Crippen LogP) is 5.59. The molecule has 1 atom stereocenters. The predicted molar refractivity (Wildman–Crippen MR) is 141 cm³/mol. The fourth-order valence-corrected chi connectivity index (χ4v) is 4.90. The second-order valence-corrected chi connectivity index (χ2v) is 9.82. The molecule has 0 radical (unpaired) electrons. The lowest BCUT2D eigenvalue weighted by Gasteiger charge is -2.26. The van der Waals surface area contributed by atoms with Crippen molar-refractivity contribution in [3.05, 3.63) is 114 Å². The molecule has 0 bridgehead atoms. The smallest absolute Gasteiger partial charge is 0.415 e. The van der Waals surface area contributed by atoms with E-state index in [1.807, 2.05) is 49.4 Å². The summed E-state index contributed by atoms with van der Waals surface area (Å²) in [5.74, 6) is 2.99. The highest BCUT2D eigenvalue weighted by molar-refractivity contribution is 7.93. The largest absolute Gasteiger partial charge is 0.449 e. The lowest BCUT2D eigenvalue weighted by atomic mass is 10.0. The molecule has 6 nitrogen and oxygen atoms in total. The normalized spacial score (nSPS) is 14.9. The van der Waals surface area contributed by atoms with Gasteiger partial charge in [-0.3, -0.25) is 4.90 Å². The van der Waals surface area contributed by atoms with Crippen molar-refractivity contribution >= 4 is 27.4 Å². The zero-order valence-electron chi connectivity index (χ0n) is 20.0. The van der Waals surface area contributed by atoms with Crippen LogP contribution in [-0.4, -0.2) is 32.1 Å². The topological polar surface area (TPSA) is 66.9 Å². The maximum atomic E-state index is 13.6. The number of carbonyl (C=O) groups excluding carboxylic acids is 1. The Morgan fingerprint density at radius 1 is 0.972 bits per heavy atom. The summed E-state index contributed by atoms with van der Waals surface area (Å²) in [7, 11) is -4.00. The summed E-state index contributed by atoms with van der Waals surface area (Å²) in [6.45, 7) is 3.82. The molecule has 1 aliphatic heterocycles. The molecule has 3 aromatic carbocycles. The van der Waals surface area contributed by atoms with Gasteiger partial charge in [0.2, 0.25) is 0 Å². The van der Waals surface area contributed by atoms with Gasteiger partial charge < -0.3 is 4.74 Å². The van der Waals surface area contributed by atoms with Gasteiger partial charge in [0, 0.05) is 12.2 Å². The van der Waals surface area contributed by atoms with Gasteiger partial charge in [-0.1, -0.05) is 66.2 Å². The van der Waals surface area contributed by atoms with Crippen LogP contribution in [0.5, 0.6) is 0 Å². The summed E-state index contributed by atoms with van der Waals surface area (Å²) in [5.41, 5.74) is 3.16. The van der Waals surface area contributed by atoms with Gasteiger partial charge in [-0.15, -0.1) is 0 Å². The number of para-hydroxylation sites is 1. The van der Waals surface area contributed by atoms with Crippen LogP contribution in [0.1, 0.15) is 18.1 Å². The van der Waals surface area contributed by atoms with Crippen LogP contribution >= 0.6 is 0 Å². The van der Waals surface area contributed by atoms with Gasteiger partial charge in [0.25, 0.3) is 10.0 Å². The van der Waals surface area contributed by atoms with E-state index in [-0.39, 0.29) is 11.5 Å². The molecule has 0 spiro atoms. The van der Waals surface area contributed by atoms with Crippen LogP contribution in [0.3, 0.4) is 0 Å². The Balaban J connectivity index is 1.79. The van der Waals surface area contributed by atoms with E-state index in [0.29, 0.717) is 5.69 Å². The van der Waals surface area contributed by atoms with Crippen LogP contribution in [0.25, 0.3) is 5.57 Å². The molecule has 0 N–H and O–H groups in total. The van der Waals surface area contributed by atoms with E-state index in [1.54, 1.807) is 67.7 Å². The minimum Gasteiger partial charge on any atom is -0.449 e. The van der Waals surface area contributed by atoms with E-state index in [0.717, 1.165) is 21.0 Å². The SMILES string of the molecule is CCOC(=O)N1C=CC(c2ccccc2)=CC1C#CN(c1ccccc1)S(=O)(=O)c1ccc(C)cc1. The highest BCUT2D eigenvalue weighted by Gasteiger charge is 2.26. The standard InChI is InChI=1S/C29H26N2O4S/c1-3-35-29(32)30-20-18-25(24-10-6-4-7-11-24)22-27(30)19-21-31(26-12-8-5-9-13-26)36(33,34)28-16-14-23(2)15-17-28/h4-18,20,22,27H,3H2,1-2H3. The molecule has 1 unspecified atom stereocenters. The highest BCUT2D eigenvalue weighted by Crippen LogP contribution is 2.25. The minimum absolute atomic E-state index is 0.123. The first kappa shape index (κ1) is 24.8. The number of hydrogen-bond acceptors (Lipinski definition) is 4. The summed E-state index contributed by atoms with van der Waals surface area (Å²) in [5, 5.41) is 0. The van der Waals surface area contributed by atoms with Crippen LogP contribution in [0.2, 0.25) is 0 Å². The van der Waals surface area contributed by atoms with E-state index < -0.39 is 22.2 Å². The Labute approximate surface area is 212 Å². The zero-order valence-corrected chi connectivity index (χ0v) is 20.9. The molecule has 182 valence electrons. The molecular weight excluding hydrogens is 472 g/mol. The molecule has 7 heteroatoms. The first-order valence-electron chi connectivity index (χ1n) is 11.5. The monoisotopic (exact) mass is 498 g/mol. The van der Waals surface area contributed by atoms with Crippen LogP contribution in [-0.2, 0) is 14.8 Å². The number of allylic oxidation sites excluding steroid dienone is 2. The molecular formula is C29H26N2O4S. The molecule has 0 aromatic heterocycles. The van der Waals surface area contributed by atoms with Gasteiger partial charge in [0.1, 0.15) is 6.04 Å². The van der Waals surface area contributed by atoms with E-state index in [4.69, 9.17) is 4.74 Å². The second kappa shape index (κ2) is 11.0. The van der Waals surface area contributed by atoms with Crippen molar-refractivity contribution in [3.8, 4) is 12.0 Å². The second-order valence-electron chi connectivity index (χ2n) is 8.03. The average Bonchev–Trinajstić information content (AvgIpc) is 2.90. The highest BCUT2D eigenvalue weighted by atomic mass is 32.2. The first-order chi connectivity index (χ1) is 17.4. The third-order valence-corrected chi connectivity index (χ3v) is 7.15. The Morgan fingerprint density at radius 3 is 2.25 bits per heavy atom. The molecule has 1 aliphatic rings. The van der Waals surface area contributed by atoms with Crippen molar-refractivity contribution in [2.45, 2.75) is 24.8 Å². The van der Waals surface area contributed by atoms with Crippen LogP contribution < -0.4 is 4.31 Å². The Kier molecular flexibility index (Phi) is 7.57. The van der Waals surface area contributed by atoms with Gasteiger partial charge >= 0.3 is 6.09 Å². The number of nitrogens with zero attached hydrogens (tertiary/aromatic N) is 2. The maximum absolute atomic E-state index is 13.6. The lowest BCUT2D eigenvalue weighted by Crippen LogP contribution is -2.36. The van der Waals surface area contributed by atoms with Gasteiger partial charge in [0.05, 0.1) is 17.2 Å². The Hall–Kier alpha value is -4.28. The van der Waals surface area contributed by atoms with Crippen molar-refractivity contribution < 1.29 is 17.9 Å². The molecule has 3 aromatic rings. The summed E-state index contributed by atoms with van der Waals surface area (Å²) >= 11 is 0. The number of ether oxygens (including phenoxy) is 1. The van der Waals surface area contributed by atoms with E-state index in [1.165, 1.54) is 4.90 Å². The third-order valence-electron chi connectivity index (χ3n) is 5.50. The summed E-state index contributed by atoms with van der Waals surface area (Å²) < 4.78 is 33.5. The van der Waals surface area contributed by atoms with Crippen molar-refractivity contribution in [1.29, 1.82) is 0 Å². The van der Waals surface area contributed by atoms with Crippen molar-refractivity contribution in [2.75, 3.05) is 10.9 Å². The Morgan fingerprint density at radius 2 is 1.61 bits per heavy atom. The quantitative estimate of drug-likeness (QED) is 0.340. The number of amides is 1. The average molecular weight is 499 g/mol. The van der Waals surface area contributed by atoms with Gasteiger partial charge in [0.15, 0.2) is 0 Å². The van der Waals surface area contributed by atoms with Gasteiger partial charge in [-0.2, -0.15) is 4.31 Å². The molecule has 1 heterocycles. The third kappa shape index (κ3) is 5.51. The van der Waals surface area contributed by atoms with E-state index in [2.05, 4.69) is 12.0 Å². The number of anilines is 1. The van der Waals surface area contributed by atoms with Crippen molar-refractivity contribution in [2.24, 2.45) is 0 Å². The number of carbonyl (C=O) groups is 1. The molecule has 0 aliphatic carbocycles. The molecule has 4 rings (SSSR count). The number of sulfonamides is 1. The van der Waals surface area contributed by atoms with E-state index >= 15 is 0 Å². The molecule has 1 amide bonds. The van der Waals surface area contributed by atoms with Gasteiger partial charge in [-0.05, 0) is 67.3 Å². The summed E-state index contributed by atoms with van der Waals surface area (Å²) in [6.07, 6.45) is 4.67. The fraction of sp³-hybridized carbons (Fsp3) is 0.138. The van der Waals surface area contributed by atoms with Crippen LogP contribution in [0.15, 0.2) is 108 Å². The number of aryl methyl sites for hydroxylation is 1. The maximum Gasteiger partial charge on any atom is 0.415 e. The molecule has 0 saturated heterocycles. The van der Waals surface area contributed by atoms with Crippen molar-refractivity contribution in [3.63, 3.8) is 0 Å². The van der Waals surface area contributed by atoms with Crippen molar-refractivity contribution in [1.82, 2.24) is 4.90 Å². The number of benzene rings is 3. The van der Waals surface area contributed by atoms with Crippen LogP contribution in [0, 0.1) is 18.9 Å². The minimum atomic E-state index is -4.00. The molecule has 36 heavy (non-hydrogen) atoms. The zero-order chi connectivity index (χ0) is 25.5. The summed E-state index contributed by atoms with van der Waals surface area (Å²) in [4.78, 5) is 14.1. The first-order valence-corrected chi connectivity index (χ1v) is 12.9. The lowest BCUT2D eigenvalue weighted by molar-refractivity contribution is 0.120. The summed E-state index contributed by atoms with van der Waals surface area (Å²) in [6, 6.07) is 27.0. The van der Waals surface area contributed by atoms with E-state index in [9.17, 15) is 13.2 Å². The Bertz CT molecular complexity index is 1440. The van der Waals surface area contributed by atoms with Crippen LogP contribution in [0.4, 0.5) is 10.5 Å². The van der Waals surface area contributed by atoms with Gasteiger partial charge in [-0.25, -0.2) is 13.2 Å². The fourth-order valence-electron chi connectivity index (χ4n) is 3.63. The number of hydrogen-bond donors (Lipinski definition) is 0. The number of rotatable bonds is 5. The molecule has 0 saturated carbocycles.